The van der Waals surface area contributed by atoms with E-state index in [1.807, 2.05) is 12.1 Å². The van der Waals surface area contributed by atoms with E-state index in [1.54, 1.807) is 22.1 Å². The van der Waals surface area contributed by atoms with Crippen molar-refractivity contribution in [3.63, 3.8) is 0 Å². The topological polar surface area (TPSA) is 45.7 Å². The molecule has 26 heavy (non-hydrogen) atoms. The molecule has 136 valence electrons. The number of ether oxygens (including phenoxy) is 1. The molecule has 0 bridgehead atoms. The summed E-state index contributed by atoms with van der Waals surface area (Å²) < 4.78 is 46.5. The van der Waals surface area contributed by atoms with E-state index in [1.165, 1.54) is 0 Å². The van der Waals surface area contributed by atoms with Crippen LogP contribution in [0.15, 0.2) is 36.5 Å². The summed E-state index contributed by atoms with van der Waals surface area (Å²) in [6, 6.07) is 6.88. The lowest BCUT2D eigenvalue weighted by atomic mass is 10.1. The number of pyridine rings is 1. The van der Waals surface area contributed by atoms with E-state index in [9.17, 15) is 18.0 Å². The van der Waals surface area contributed by atoms with Gasteiger partial charge in [0.1, 0.15) is 11.9 Å². The zero-order chi connectivity index (χ0) is 18.3. The predicted octanol–water partition coefficient (Wildman–Crippen LogP) is 2.70. The lowest BCUT2D eigenvalue weighted by Gasteiger charge is -2.22. The molecular formula is C18H16F3N3O2. The second-order valence-corrected chi connectivity index (χ2v) is 6.45. The third-order valence-electron chi connectivity index (χ3n) is 4.78. The first-order chi connectivity index (χ1) is 12.5. The molecule has 1 aromatic heterocycles. The SMILES string of the molecule is O=C1O[C@@H]2CN(Cc3c(F)ccc(F)c3F)C[C@@H]2N1Cc1ccccn1. The highest BCUT2D eigenvalue weighted by Gasteiger charge is 2.47. The van der Waals surface area contributed by atoms with Gasteiger partial charge < -0.3 is 4.74 Å². The molecule has 5 nitrogen and oxygen atoms in total. The fourth-order valence-corrected chi connectivity index (χ4v) is 3.50. The van der Waals surface area contributed by atoms with Gasteiger partial charge in [-0.2, -0.15) is 0 Å². The second kappa shape index (κ2) is 6.60. The van der Waals surface area contributed by atoms with Crippen LogP contribution in [-0.2, 0) is 17.8 Å². The normalized spacial score (nSPS) is 22.6. The van der Waals surface area contributed by atoms with Crippen molar-refractivity contribution in [1.82, 2.24) is 14.8 Å². The van der Waals surface area contributed by atoms with Crippen LogP contribution in [0, 0.1) is 17.5 Å². The quantitative estimate of drug-likeness (QED) is 0.784. The number of hydrogen-bond donors (Lipinski definition) is 0. The van der Waals surface area contributed by atoms with Crippen LogP contribution in [0.3, 0.4) is 0 Å². The zero-order valence-corrected chi connectivity index (χ0v) is 13.7. The van der Waals surface area contributed by atoms with Crippen LogP contribution in [-0.4, -0.2) is 46.1 Å². The van der Waals surface area contributed by atoms with Crippen molar-refractivity contribution in [1.29, 1.82) is 0 Å². The first-order valence-electron chi connectivity index (χ1n) is 8.25. The third-order valence-corrected chi connectivity index (χ3v) is 4.78. The Morgan fingerprint density at radius 3 is 2.65 bits per heavy atom. The van der Waals surface area contributed by atoms with Crippen molar-refractivity contribution in [3.8, 4) is 0 Å². The van der Waals surface area contributed by atoms with Crippen molar-refractivity contribution >= 4 is 6.09 Å². The minimum Gasteiger partial charge on any atom is -0.442 e. The van der Waals surface area contributed by atoms with Gasteiger partial charge in [-0.1, -0.05) is 6.07 Å². The maximum Gasteiger partial charge on any atom is 0.410 e. The van der Waals surface area contributed by atoms with E-state index in [-0.39, 0.29) is 24.3 Å². The molecule has 0 spiro atoms. The lowest BCUT2D eigenvalue weighted by Crippen LogP contribution is -2.37. The van der Waals surface area contributed by atoms with Gasteiger partial charge in [0.05, 0.1) is 18.3 Å². The Bertz CT molecular complexity index is 834. The Balaban J connectivity index is 1.48. The van der Waals surface area contributed by atoms with Gasteiger partial charge in [0, 0.05) is 31.4 Å². The van der Waals surface area contributed by atoms with Crippen molar-refractivity contribution in [2.24, 2.45) is 0 Å². The molecule has 0 unspecified atom stereocenters. The zero-order valence-electron chi connectivity index (χ0n) is 13.7. The van der Waals surface area contributed by atoms with Gasteiger partial charge in [0.2, 0.25) is 0 Å². The molecule has 1 aromatic carbocycles. The minimum atomic E-state index is -1.18. The molecule has 2 aliphatic rings. The Morgan fingerprint density at radius 2 is 1.88 bits per heavy atom. The highest BCUT2D eigenvalue weighted by atomic mass is 19.2. The Kier molecular flexibility index (Phi) is 4.28. The summed E-state index contributed by atoms with van der Waals surface area (Å²) in [7, 11) is 0. The number of benzene rings is 1. The Hall–Kier alpha value is -2.61. The smallest absolute Gasteiger partial charge is 0.410 e. The molecule has 0 N–H and O–H groups in total. The monoisotopic (exact) mass is 363 g/mol. The largest absolute Gasteiger partial charge is 0.442 e. The molecule has 2 aromatic rings. The summed E-state index contributed by atoms with van der Waals surface area (Å²) in [4.78, 5) is 19.6. The maximum absolute atomic E-state index is 13.9. The molecular weight excluding hydrogens is 347 g/mol. The van der Waals surface area contributed by atoms with E-state index < -0.39 is 23.5 Å². The van der Waals surface area contributed by atoms with Crippen LogP contribution in [0.1, 0.15) is 11.3 Å². The number of fused-ring (bicyclic) bond motifs is 1. The average Bonchev–Trinajstić information content (AvgIpc) is 3.14. The maximum atomic E-state index is 13.9. The van der Waals surface area contributed by atoms with Crippen LogP contribution in [0.2, 0.25) is 0 Å². The first kappa shape index (κ1) is 16.8. The van der Waals surface area contributed by atoms with E-state index in [0.717, 1.165) is 17.8 Å². The lowest BCUT2D eigenvalue weighted by molar-refractivity contribution is 0.118. The molecule has 1 amide bonds. The summed E-state index contributed by atoms with van der Waals surface area (Å²) in [5, 5.41) is 0. The Morgan fingerprint density at radius 1 is 1.08 bits per heavy atom. The fraction of sp³-hybridized carbons (Fsp3) is 0.333. The van der Waals surface area contributed by atoms with E-state index in [0.29, 0.717) is 19.6 Å². The number of carbonyl (C=O) groups is 1. The molecule has 2 atom stereocenters. The average molecular weight is 363 g/mol. The molecule has 2 saturated heterocycles. The molecule has 3 heterocycles. The van der Waals surface area contributed by atoms with Crippen LogP contribution in [0.4, 0.5) is 18.0 Å². The van der Waals surface area contributed by atoms with Crippen molar-refractivity contribution in [3.05, 3.63) is 65.2 Å². The van der Waals surface area contributed by atoms with E-state index >= 15 is 0 Å². The van der Waals surface area contributed by atoms with Crippen molar-refractivity contribution < 1.29 is 22.7 Å². The summed E-state index contributed by atoms with van der Waals surface area (Å²) in [6.45, 7) is 0.942. The molecule has 2 fully saturated rings. The molecule has 0 aliphatic carbocycles. The van der Waals surface area contributed by atoms with Gasteiger partial charge in [-0.15, -0.1) is 0 Å². The highest BCUT2D eigenvalue weighted by Crippen LogP contribution is 2.30. The number of halogens is 3. The second-order valence-electron chi connectivity index (χ2n) is 6.45. The summed E-state index contributed by atoms with van der Waals surface area (Å²) in [6.07, 6.45) is 0.837. The van der Waals surface area contributed by atoms with Gasteiger partial charge in [0.25, 0.3) is 0 Å². The molecule has 0 radical (unpaired) electrons. The number of hydrogen-bond acceptors (Lipinski definition) is 4. The number of aromatic nitrogens is 1. The van der Waals surface area contributed by atoms with Crippen LogP contribution >= 0.6 is 0 Å². The van der Waals surface area contributed by atoms with Gasteiger partial charge in [-0.05, 0) is 24.3 Å². The van der Waals surface area contributed by atoms with Crippen molar-refractivity contribution in [2.75, 3.05) is 13.1 Å². The minimum absolute atomic E-state index is 0.0859. The van der Waals surface area contributed by atoms with E-state index in [2.05, 4.69) is 4.98 Å². The summed E-state index contributed by atoms with van der Waals surface area (Å²) in [5.74, 6) is -3.04. The van der Waals surface area contributed by atoms with Crippen LogP contribution < -0.4 is 0 Å². The number of nitrogens with zero attached hydrogens (tertiary/aromatic N) is 3. The number of carbonyl (C=O) groups excluding carboxylic acids is 1. The predicted molar refractivity (Wildman–Crippen MR) is 85.4 cm³/mol. The number of amides is 1. The van der Waals surface area contributed by atoms with Crippen LogP contribution in [0.5, 0.6) is 0 Å². The number of rotatable bonds is 4. The summed E-state index contributed by atoms with van der Waals surface area (Å²) >= 11 is 0. The van der Waals surface area contributed by atoms with Gasteiger partial charge in [0.15, 0.2) is 11.6 Å². The third kappa shape index (κ3) is 3.01. The molecule has 8 heteroatoms. The first-order valence-corrected chi connectivity index (χ1v) is 8.25. The standard InChI is InChI=1S/C18H16F3N3O2/c19-13-4-5-14(20)17(21)12(13)8-23-9-15-16(10-23)26-18(25)24(15)7-11-3-1-2-6-22-11/h1-6,15-16H,7-10H2/t15-,16+/m0/s1. The highest BCUT2D eigenvalue weighted by molar-refractivity contribution is 5.71. The number of likely N-dealkylation sites (tertiary alicyclic amines) is 1. The van der Waals surface area contributed by atoms with Gasteiger partial charge in [-0.3, -0.25) is 14.8 Å². The molecule has 2 aliphatic heterocycles. The van der Waals surface area contributed by atoms with E-state index in [4.69, 9.17) is 4.74 Å². The van der Waals surface area contributed by atoms with Crippen LogP contribution in [0.25, 0.3) is 0 Å². The molecule has 4 rings (SSSR count). The molecule has 0 saturated carbocycles. The Labute approximate surface area is 148 Å². The van der Waals surface area contributed by atoms with Gasteiger partial charge >= 0.3 is 6.09 Å². The summed E-state index contributed by atoms with van der Waals surface area (Å²) in [5.41, 5.74) is 0.415. The fourth-order valence-electron chi connectivity index (χ4n) is 3.50. The van der Waals surface area contributed by atoms with Gasteiger partial charge in [-0.25, -0.2) is 18.0 Å². The van der Waals surface area contributed by atoms with Crippen molar-refractivity contribution in [2.45, 2.75) is 25.2 Å².